The Hall–Kier alpha value is -3.29. The summed E-state index contributed by atoms with van der Waals surface area (Å²) in [6, 6.07) is 7.39. The van der Waals surface area contributed by atoms with Gasteiger partial charge in [0.1, 0.15) is 21.8 Å². The zero-order valence-electron chi connectivity index (χ0n) is 17.7. The third-order valence-corrected chi connectivity index (χ3v) is 7.69. The minimum atomic E-state index is -1.26. The molecule has 4 rings (SSSR count). The highest BCUT2D eigenvalue weighted by atomic mass is 32.2. The number of aromatic nitrogens is 2. The van der Waals surface area contributed by atoms with Gasteiger partial charge in [0.15, 0.2) is 0 Å². The SMILES string of the molecule is NCc1cc(O)ccc1CC(=O)NC1S[C@@H]2CC(=O)N2C(C(=O)O)=C1CSc1ccc(=O)[nH]n1. The van der Waals surface area contributed by atoms with Crippen molar-refractivity contribution in [2.24, 2.45) is 5.73 Å². The Morgan fingerprint density at radius 1 is 1.26 bits per heavy atom. The van der Waals surface area contributed by atoms with Crippen molar-refractivity contribution in [3.8, 4) is 5.75 Å². The van der Waals surface area contributed by atoms with E-state index in [1.807, 2.05) is 0 Å². The maximum atomic E-state index is 12.9. The van der Waals surface area contributed by atoms with Crippen molar-refractivity contribution in [2.75, 3.05) is 5.75 Å². The predicted octanol–water partition coefficient (Wildman–Crippen LogP) is 0.355. The second kappa shape index (κ2) is 9.91. The van der Waals surface area contributed by atoms with Crippen molar-refractivity contribution < 1.29 is 24.6 Å². The summed E-state index contributed by atoms with van der Waals surface area (Å²) < 4.78 is 0. The summed E-state index contributed by atoms with van der Waals surface area (Å²) in [6.07, 6.45) is 0.173. The highest BCUT2D eigenvalue weighted by molar-refractivity contribution is 8.01. The second-order valence-electron chi connectivity index (χ2n) is 7.57. The molecule has 0 saturated carbocycles. The van der Waals surface area contributed by atoms with Gasteiger partial charge in [0.2, 0.25) is 11.8 Å². The lowest BCUT2D eigenvalue weighted by atomic mass is 10.0. The summed E-state index contributed by atoms with van der Waals surface area (Å²) >= 11 is 2.48. The molecule has 0 spiro atoms. The van der Waals surface area contributed by atoms with Gasteiger partial charge in [-0.2, -0.15) is 5.10 Å². The van der Waals surface area contributed by atoms with Crippen LogP contribution in [-0.4, -0.2) is 59.6 Å². The number of fused-ring (bicyclic) bond motifs is 1. The fourth-order valence-corrected chi connectivity index (χ4v) is 6.14. The van der Waals surface area contributed by atoms with E-state index >= 15 is 0 Å². The van der Waals surface area contributed by atoms with Gasteiger partial charge in [-0.1, -0.05) is 6.07 Å². The molecule has 178 valence electrons. The smallest absolute Gasteiger partial charge is 0.352 e. The van der Waals surface area contributed by atoms with Crippen molar-refractivity contribution in [1.29, 1.82) is 0 Å². The van der Waals surface area contributed by atoms with Crippen LogP contribution in [0.3, 0.4) is 0 Å². The van der Waals surface area contributed by atoms with Crippen molar-refractivity contribution in [3.05, 3.63) is 63.1 Å². The lowest BCUT2D eigenvalue weighted by molar-refractivity contribution is -0.146. The molecule has 1 unspecified atom stereocenters. The molecule has 2 amide bonds. The van der Waals surface area contributed by atoms with E-state index in [0.717, 1.165) is 0 Å². The number of amides is 2. The Bertz CT molecular complexity index is 1230. The van der Waals surface area contributed by atoms with Crippen LogP contribution in [0.1, 0.15) is 17.5 Å². The molecule has 11 nitrogen and oxygen atoms in total. The van der Waals surface area contributed by atoms with Crippen LogP contribution < -0.4 is 16.6 Å². The molecular formula is C21H21N5O6S2. The molecule has 3 heterocycles. The molecule has 0 radical (unpaired) electrons. The molecule has 1 saturated heterocycles. The first-order valence-electron chi connectivity index (χ1n) is 10.2. The number of hydrogen-bond acceptors (Lipinski definition) is 9. The fourth-order valence-electron chi connectivity index (χ4n) is 3.70. The number of H-pyrrole nitrogens is 1. The quantitative estimate of drug-likeness (QED) is 0.249. The number of carbonyl (C=O) groups excluding carboxylic acids is 2. The Morgan fingerprint density at radius 3 is 2.71 bits per heavy atom. The van der Waals surface area contributed by atoms with Crippen molar-refractivity contribution >= 4 is 41.3 Å². The Balaban J connectivity index is 1.58. The number of thioether (sulfide) groups is 2. The maximum absolute atomic E-state index is 12.9. The van der Waals surface area contributed by atoms with Gasteiger partial charge < -0.3 is 21.3 Å². The first kappa shape index (κ1) is 23.9. The van der Waals surface area contributed by atoms with Crippen LogP contribution >= 0.6 is 23.5 Å². The molecule has 6 N–H and O–H groups in total. The average molecular weight is 504 g/mol. The highest BCUT2D eigenvalue weighted by Crippen LogP contribution is 2.44. The summed E-state index contributed by atoms with van der Waals surface area (Å²) in [7, 11) is 0. The number of nitrogens with one attached hydrogen (secondary N) is 2. The summed E-state index contributed by atoms with van der Waals surface area (Å²) in [5.74, 6) is -1.73. The number of β-lactam (4-membered cyclic amide) rings is 1. The number of carbonyl (C=O) groups is 3. The molecule has 2 aliphatic heterocycles. The number of nitrogens with two attached hydrogens (primary N) is 1. The van der Waals surface area contributed by atoms with Gasteiger partial charge in [-0.05, 0) is 29.3 Å². The predicted molar refractivity (Wildman–Crippen MR) is 125 cm³/mol. The molecule has 1 aromatic heterocycles. The monoisotopic (exact) mass is 503 g/mol. The summed E-state index contributed by atoms with van der Waals surface area (Å²) in [5, 5.41) is 28.0. The molecule has 1 aromatic carbocycles. The molecule has 2 aromatic rings. The third-order valence-electron chi connectivity index (χ3n) is 5.35. The van der Waals surface area contributed by atoms with Crippen LogP contribution in [-0.2, 0) is 27.3 Å². The molecular weight excluding hydrogens is 482 g/mol. The molecule has 13 heteroatoms. The molecule has 34 heavy (non-hydrogen) atoms. The number of aromatic hydroxyl groups is 1. The largest absolute Gasteiger partial charge is 0.508 e. The molecule has 0 bridgehead atoms. The molecule has 2 aliphatic rings. The Morgan fingerprint density at radius 2 is 2.06 bits per heavy atom. The zero-order chi connectivity index (χ0) is 24.4. The van der Waals surface area contributed by atoms with Gasteiger partial charge in [-0.25, -0.2) is 9.89 Å². The van der Waals surface area contributed by atoms with Crippen LogP contribution in [0.2, 0.25) is 0 Å². The molecule has 2 atom stereocenters. The summed E-state index contributed by atoms with van der Waals surface area (Å²) in [4.78, 5) is 49.6. The van der Waals surface area contributed by atoms with E-state index in [9.17, 15) is 29.4 Å². The van der Waals surface area contributed by atoms with Crippen LogP contribution in [0.4, 0.5) is 0 Å². The van der Waals surface area contributed by atoms with E-state index in [4.69, 9.17) is 5.73 Å². The van der Waals surface area contributed by atoms with Gasteiger partial charge in [-0.15, -0.1) is 23.5 Å². The number of aromatic amines is 1. The van der Waals surface area contributed by atoms with Gasteiger partial charge in [0.25, 0.3) is 5.56 Å². The van der Waals surface area contributed by atoms with Crippen molar-refractivity contribution in [2.45, 2.75) is 35.2 Å². The Kier molecular flexibility index (Phi) is 6.95. The van der Waals surface area contributed by atoms with E-state index in [1.54, 1.807) is 6.07 Å². The number of benzene rings is 1. The van der Waals surface area contributed by atoms with E-state index in [0.29, 0.717) is 21.7 Å². The minimum Gasteiger partial charge on any atom is -0.508 e. The van der Waals surface area contributed by atoms with E-state index < -0.39 is 11.3 Å². The van der Waals surface area contributed by atoms with Crippen LogP contribution in [0.15, 0.2) is 51.4 Å². The lowest BCUT2D eigenvalue weighted by Crippen LogP contribution is -2.57. The van der Waals surface area contributed by atoms with Gasteiger partial charge in [0, 0.05) is 23.9 Å². The highest BCUT2D eigenvalue weighted by Gasteiger charge is 2.48. The third kappa shape index (κ3) is 4.95. The number of hydrogen-bond donors (Lipinski definition) is 5. The standard InChI is InChI=1S/C21H21N5O6S2/c22-8-11-5-12(27)2-1-10(11)6-15(29)23-20-13(9-33-16-4-3-14(28)24-25-16)19(21(31)32)26-17(30)7-18(26)34-20/h1-5,18,20,27H,6-9,22H2,(H,23,29)(H,24,28)(H,31,32)/t18-,20?/m1/s1. The minimum absolute atomic E-state index is 0.0124. The van der Waals surface area contributed by atoms with Gasteiger partial charge in [-0.3, -0.25) is 19.3 Å². The van der Waals surface area contributed by atoms with Gasteiger partial charge >= 0.3 is 5.97 Å². The number of phenols is 1. The van der Waals surface area contributed by atoms with Crippen LogP contribution in [0.5, 0.6) is 5.75 Å². The van der Waals surface area contributed by atoms with E-state index in [-0.39, 0.29) is 59.3 Å². The van der Waals surface area contributed by atoms with Crippen molar-refractivity contribution in [1.82, 2.24) is 20.4 Å². The number of aliphatic carboxylic acids is 1. The van der Waals surface area contributed by atoms with E-state index in [1.165, 1.54) is 52.7 Å². The topological polar surface area (TPSA) is 179 Å². The Labute approximate surface area is 201 Å². The van der Waals surface area contributed by atoms with E-state index in [2.05, 4.69) is 15.5 Å². The maximum Gasteiger partial charge on any atom is 0.352 e. The first-order chi connectivity index (χ1) is 16.3. The molecule has 0 aliphatic carbocycles. The fraction of sp³-hybridized carbons (Fsp3) is 0.286. The normalized spacial score (nSPS) is 19.4. The summed E-state index contributed by atoms with van der Waals surface area (Å²) in [5.41, 5.74) is 6.85. The van der Waals surface area contributed by atoms with Crippen LogP contribution in [0.25, 0.3) is 0 Å². The molecule has 1 fully saturated rings. The summed E-state index contributed by atoms with van der Waals surface area (Å²) in [6.45, 7) is 0.144. The lowest BCUT2D eigenvalue weighted by Gasteiger charge is -2.46. The average Bonchev–Trinajstić information content (AvgIpc) is 2.79. The second-order valence-corrected chi connectivity index (χ2v) is 9.85. The van der Waals surface area contributed by atoms with Crippen LogP contribution in [0, 0.1) is 0 Å². The number of phenolic OH excluding ortho intramolecular Hbond substituents is 1. The number of nitrogens with zero attached hydrogens (tertiary/aromatic N) is 2. The van der Waals surface area contributed by atoms with Gasteiger partial charge in [0.05, 0.1) is 18.2 Å². The zero-order valence-corrected chi connectivity index (χ0v) is 19.3. The number of carboxylic acid groups (broad SMARTS) is 1. The first-order valence-corrected chi connectivity index (χ1v) is 12.1. The van der Waals surface area contributed by atoms with Crippen molar-refractivity contribution in [3.63, 3.8) is 0 Å². The number of carboxylic acids is 1. The number of rotatable bonds is 8.